The Morgan fingerprint density at radius 2 is 2.10 bits per heavy atom. The van der Waals surface area contributed by atoms with Gasteiger partial charge in [0.1, 0.15) is 12.0 Å². The number of benzene rings is 1. The molecule has 0 aliphatic rings. The zero-order valence-electron chi connectivity index (χ0n) is 11.2. The van der Waals surface area contributed by atoms with E-state index in [2.05, 4.69) is 15.0 Å². The van der Waals surface area contributed by atoms with Gasteiger partial charge in [0.15, 0.2) is 0 Å². The summed E-state index contributed by atoms with van der Waals surface area (Å²) in [6.45, 7) is 1.65. The molecule has 1 heterocycles. The molecule has 0 bridgehead atoms. The Labute approximate surface area is 120 Å². The Kier molecular flexibility index (Phi) is 3.80. The summed E-state index contributed by atoms with van der Waals surface area (Å²) in [5, 5.41) is 13.4. The zero-order chi connectivity index (χ0) is 15.6. The van der Waals surface area contributed by atoms with Crippen molar-refractivity contribution in [3.05, 3.63) is 40.3 Å². The maximum Gasteiger partial charge on any atom is 0.309 e. The summed E-state index contributed by atoms with van der Waals surface area (Å²) in [5.41, 5.74) is 0.391. The van der Waals surface area contributed by atoms with E-state index in [0.717, 1.165) is 18.2 Å². The molecule has 0 atom stereocenters. The molecule has 0 amide bonds. The Balaban J connectivity index is 2.38. The molecule has 10 heteroatoms. The number of nitrogens with zero attached hydrogens (tertiary/aromatic N) is 2. The van der Waals surface area contributed by atoms with Crippen LogP contribution in [0.3, 0.4) is 0 Å². The third kappa shape index (κ3) is 3.11. The van der Waals surface area contributed by atoms with Crippen molar-refractivity contribution < 1.29 is 17.8 Å². The Morgan fingerprint density at radius 1 is 1.38 bits per heavy atom. The van der Waals surface area contributed by atoms with Crippen LogP contribution in [0.4, 0.5) is 17.4 Å². The van der Waals surface area contributed by atoms with Crippen molar-refractivity contribution in [2.24, 2.45) is 0 Å². The highest BCUT2D eigenvalue weighted by Gasteiger charge is 2.21. The van der Waals surface area contributed by atoms with Gasteiger partial charge in [-0.25, -0.2) is 13.1 Å². The lowest BCUT2D eigenvalue weighted by Crippen LogP contribution is -2.13. The third-order valence-electron chi connectivity index (χ3n) is 2.59. The van der Waals surface area contributed by atoms with Crippen molar-refractivity contribution in [2.75, 3.05) is 17.1 Å². The van der Waals surface area contributed by atoms with Crippen LogP contribution in [-0.4, -0.2) is 25.4 Å². The van der Waals surface area contributed by atoms with Crippen LogP contribution in [-0.2, 0) is 10.0 Å². The second-order valence-electron chi connectivity index (χ2n) is 4.09. The van der Waals surface area contributed by atoms with Crippen LogP contribution in [0.5, 0.6) is 0 Å². The smallest absolute Gasteiger partial charge is 0.309 e. The van der Waals surface area contributed by atoms with Gasteiger partial charge in [-0.15, -0.1) is 0 Å². The molecular formula is C11H12N4O5S. The lowest BCUT2D eigenvalue weighted by Gasteiger charge is -2.07. The van der Waals surface area contributed by atoms with Gasteiger partial charge in [0, 0.05) is 13.1 Å². The average Bonchev–Trinajstić information content (AvgIpc) is 2.82. The standard InChI is InChI=1S/C11H12N4O5S/c1-7-6-20-11(13-7)14-21(18,19)8-3-4-10(15(16)17)9(5-8)12-2/h3-6,12H,1-2H3,(H,13,14). The molecule has 21 heavy (non-hydrogen) atoms. The highest BCUT2D eigenvalue weighted by Crippen LogP contribution is 2.27. The fraction of sp³-hybridized carbons (Fsp3) is 0.182. The summed E-state index contributed by atoms with van der Waals surface area (Å²) < 4.78 is 31.4. The van der Waals surface area contributed by atoms with Crippen molar-refractivity contribution in [1.82, 2.24) is 4.98 Å². The summed E-state index contributed by atoms with van der Waals surface area (Å²) >= 11 is 0. The van der Waals surface area contributed by atoms with Crippen LogP contribution in [0.15, 0.2) is 33.8 Å². The Morgan fingerprint density at radius 3 is 2.62 bits per heavy atom. The molecule has 0 saturated carbocycles. The first-order valence-corrected chi connectivity index (χ1v) is 7.23. The highest BCUT2D eigenvalue weighted by molar-refractivity contribution is 7.92. The summed E-state index contributed by atoms with van der Waals surface area (Å²) in [5.74, 6) is 0. The molecular weight excluding hydrogens is 300 g/mol. The van der Waals surface area contributed by atoms with Crippen LogP contribution in [0, 0.1) is 17.0 Å². The highest BCUT2D eigenvalue weighted by atomic mass is 32.2. The lowest BCUT2D eigenvalue weighted by atomic mass is 10.3. The van der Waals surface area contributed by atoms with E-state index in [9.17, 15) is 18.5 Å². The minimum Gasteiger partial charge on any atom is -0.431 e. The summed E-state index contributed by atoms with van der Waals surface area (Å²) in [7, 11) is -2.48. The van der Waals surface area contributed by atoms with Crippen molar-refractivity contribution >= 4 is 27.4 Å². The van der Waals surface area contributed by atoms with Crippen molar-refractivity contribution in [3.8, 4) is 0 Å². The van der Waals surface area contributed by atoms with Gasteiger partial charge < -0.3 is 9.73 Å². The van der Waals surface area contributed by atoms with Crippen LogP contribution in [0.1, 0.15) is 5.69 Å². The number of aromatic nitrogens is 1. The monoisotopic (exact) mass is 312 g/mol. The molecule has 0 aliphatic heterocycles. The minimum absolute atomic E-state index is 0.0893. The van der Waals surface area contributed by atoms with E-state index in [1.54, 1.807) is 6.92 Å². The fourth-order valence-electron chi connectivity index (χ4n) is 1.62. The zero-order valence-corrected chi connectivity index (χ0v) is 12.0. The molecule has 112 valence electrons. The SMILES string of the molecule is CNc1cc(S(=O)(=O)Nc2nc(C)co2)ccc1[N+](=O)[O-]. The number of hydrogen-bond donors (Lipinski definition) is 2. The van der Waals surface area contributed by atoms with Gasteiger partial charge in [-0.1, -0.05) is 0 Å². The molecule has 2 N–H and O–H groups in total. The van der Waals surface area contributed by atoms with Gasteiger partial charge in [0.2, 0.25) is 0 Å². The number of nitro benzene ring substituents is 1. The second kappa shape index (κ2) is 5.40. The molecule has 0 saturated heterocycles. The number of rotatable bonds is 5. The van der Waals surface area contributed by atoms with E-state index >= 15 is 0 Å². The number of oxazole rings is 1. The van der Waals surface area contributed by atoms with Crippen molar-refractivity contribution in [1.29, 1.82) is 0 Å². The van der Waals surface area contributed by atoms with E-state index in [-0.39, 0.29) is 22.3 Å². The second-order valence-corrected chi connectivity index (χ2v) is 5.77. The van der Waals surface area contributed by atoms with Crippen molar-refractivity contribution in [3.63, 3.8) is 0 Å². The third-order valence-corrected chi connectivity index (χ3v) is 3.90. The number of nitrogens with one attached hydrogen (secondary N) is 2. The first-order chi connectivity index (χ1) is 9.83. The number of hydrogen-bond acceptors (Lipinski definition) is 7. The molecule has 0 radical (unpaired) electrons. The molecule has 1 aromatic carbocycles. The molecule has 0 fully saturated rings. The topological polar surface area (TPSA) is 127 Å². The molecule has 0 unspecified atom stereocenters. The van der Waals surface area contributed by atoms with Crippen LogP contribution in [0.25, 0.3) is 0 Å². The molecule has 0 spiro atoms. The molecule has 2 rings (SSSR count). The van der Waals surface area contributed by atoms with E-state index in [1.807, 2.05) is 0 Å². The van der Waals surface area contributed by atoms with Crippen LogP contribution >= 0.6 is 0 Å². The minimum atomic E-state index is -3.94. The quantitative estimate of drug-likeness (QED) is 0.635. The largest absolute Gasteiger partial charge is 0.431 e. The normalized spacial score (nSPS) is 11.1. The van der Waals surface area contributed by atoms with Gasteiger partial charge in [0.05, 0.1) is 15.5 Å². The predicted molar refractivity (Wildman–Crippen MR) is 74.7 cm³/mol. The average molecular weight is 312 g/mol. The van der Waals surface area contributed by atoms with Gasteiger partial charge in [-0.2, -0.15) is 4.98 Å². The lowest BCUT2D eigenvalue weighted by molar-refractivity contribution is -0.384. The van der Waals surface area contributed by atoms with Crippen LogP contribution < -0.4 is 10.0 Å². The van der Waals surface area contributed by atoms with E-state index in [4.69, 9.17) is 4.42 Å². The van der Waals surface area contributed by atoms with E-state index in [1.165, 1.54) is 13.3 Å². The number of anilines is 2. The maximum atomic E-state index is 12.2. The molecule has 2 aromatic rings. The van der Waals surface area contributed by atoms with E-state index in [0.29, 0.717) is 5.69 Å². The van der Waals surface area contributed by atoms with Gasteiger partial charge in [0.25, 0.3) is 15.7 Å². The van der Waals surface area contributed by atoms with Gasteiger partial charge in [-0.05, 0) is 19.1 Å². The summed E-state index contributed by atoms with van der Waals surface area (Å²) in [6.07, 6.45) is 1.30. The first kappa shape index (κ1) is 14.8. The first-order valence-electron chi connectivity index (χ1n) is 5.74. The van der Waals surface area contributed by atoms with Crippen molar-refractivity contribution in [2.45, 2.75) is 11.8 Å². The Bertz CT molecular complexity index is 784. The number of nitro groups is 1. The maximum absolute atomic E-state index is 12.2. The van der Waals surface area contributed by atoms with Gasteiger partial charge >= 0.3 is 6.01 Å². The molecule has 0 aliphatic carbocycles. The number of aryl methyl sites for hydroxylation is 1. The van der Waals surface area contributed by atoms with Gasteiger partial charge in [-0.3, -0.25) is 10.1 Å². The molecule has 9 nitrogen and oxygen atoms in total. The fourth-order valence-corrected chi connectivity index (χ4v) is 2.58. The van der Waals surface area contributed by atoms with E-state index < -0.39 is 14.9 Å². The summed E-state index contributed by atoms with van der Waals surface area (Å²) in [6, 6.07) is 3.24. The summed E-state index contributed by atoms with van der Waals surface area (Å²) in [4.78, 5) is 13.9. The van der Waals surface area contributed by atoms with Crippen LogP contribution in [0.2, 0.25) is 0 Å². The number of sulfonamides is 1. The Hall–Kier alpha value is -2.62. The predicted octanol–water partition coefficient (Wildman–Crippen LogP) is 1.73. The molecule has 1 aromatic heterocycles.